The number of rotatable bonds is 5. The van der Waals surface area contributed by atoms with Crippen molar-refractivity contribution in [2.24, 2.45) is 7.05 Å². The quantitative estimate of drug-likeness (QED) is 0.378. The fourth-order valence-electron chi connectivity index (χ4n) is 3.46. The van der Waals surface area contributed by atoms with Gasteiger partial charge in [0.15, 0.2) is 11.7 Å². The summed E-state index contributed by atoms with van der Waals surface area (Å²) < 4.78 is 9.14. The van der Waals surface area contributed by atoms with Gasteiger partial charge in [0.05, 0.1) is 5.56 Å². The highest BCUT2D eigenvalue weighted by Crippen LogP contribution is 2.24. The number of fused-ring (bicyclic) bond motifs is 1. The minimum Gasteiger partial charge on any atom is -0.454 e. The van der Waals surface area contributed by atoms with E-state index in [0.29, 0.717) is 11.1 Å². The molecule has 0 aliphatic heterocycles. The van der Waals surface area contributed by atoms with Gasteiger partial charge in [0.1, 0.15) is 0 Å². The summed E-state index contributed by atoms with van der Waals surface area (Å²) >= 11 is 1.50. The van der Waals surface area contributed by atoms with Gasteiger partial charge in [-0.05, 0) is 26.0 Å². The Bertz CT molecular complexity index is 1190. The molecule has 0 saturated carbocycles. The van der Waals surface area contributed by atoms with E-state index in [2.05, 4.69) is 4.98 Å². The zero-order valence-corrected chi connectivity index (χ0v) is 16.6. The zero-order valence-electron chi connectivity index (χ0n) is 15.8. The summed E-state index contributed by atoms with van der Waals surface area (Å²) in [6.45, 7) is 3.49. The van der Waals surface area contributed by atoms with Crippen LogP contribution in [0.15, 0.2) is 48.1 Å². The molecule has 3 heterocycles. The average molecular weight is 393 g/mol. The summed E-state index contributed by atoms with van der Waals surface area (Å²) in [6, 6.07) is 9.40. The molecule has 0 aliphatic carbocycles. The second-order valence-corrected chi connectivity index (χ2v) is 7.48. The number of thiazole rings is 1. The van der Waals surface area contributed by atoms with E-state index >= 15 is 0 Å². The normalized spacial score (nSPS) is 11.1. The minimum absolute atomic E-state index is 0.232. The molecule has 0 radical (unpaired) electrons. The number of aryl methyl sites for hydroxylation is 2. The molecule has 0 N–H and O–H groups in total. The Hall–Kier alpha value is -3.19. The van der Waals surface area contributed by atoms with Crippen LogP contribution < -0.4 is 0 Å². The molecular formula is C21H19N3O3S. The van der Waals surface area contributed by atoms with Crippen LogP contribution in [0.1, 0.15) is 32.1 Å². The number of hydrogen-bond acceptors (Lipinski definition) is 5. The van der Waals surface area contributed by atoms with E-state index < -0.39 is 5.97 Å². The Kier molecular flexibility index (Phi) is 4.60. The van der Waals surface area contributed by atoms with Gasteiger partial charge in [0.25, 0.3) is 0 Å². The maximum atomic E-state index is 12.7. The summed E-state index contributed by atoms with van der Waals surface area (Å²) in [6.07, 6.45) is 3.46. The molecular weight excluding hydrogens is 374 g/mol. The number of nitrogens with zero attached hydrogens (tertiary/aromatic N) is 3. The number of para-hydroxylation sites is 1. The fourth-order valence-corrected chi connectivity index (χ4v) is 4.21. The highest BCUT2D eigenvalue weighted by Gasteiger charge is 2.21. The number of carbonyl (C=O) groups is 2. The molecule has 4 aromatic rings. The van der Waals surface area contributed by atoms with E-state index in [0.717, 1.165) is 27.4 Å². The topological polar surface area (TPSA) is 66.1 Å². The van der Waals surface area contributed by atoms with Crippen molar-refractivity contribution in [1.29, 1.82) is 0 Å². The molecule has 142 valence electrons. The molecule has 0 unspecified atom stereocenters. The first-order chi connectivity index (χ1) is 13.5. The summed E-state index contributed by atoms with van der Waals surface area (Å²) in [5, 5.41) is 3.51. The minimum atomic E-state index is -0.501. The van der Waals surface area contributed by atoms with Crippen LogP contribution in [0.5, 0.6) is 0 Å². The number of esters is 1. The van der Waals surface area contributed by atoms with Crippen molar-refractivity contribution >= 4 is 34.0 Å². The van der Waals surface area contributed by atoms with Gasteiger partial charge in [-0.25, -0.2) is 9.78 Å². The SMILES string of the molecule is Cc1cc(C(=O)COC(=O)c2cn(C)c3ccccc23)c(C)n1-c1nccs1. The zero-order chi connectivity index (χ0) is 19.8. The van der Waals surface area contributed by atoms with Crippen molar-refractivity contribution in [3.63, 3.8) is 0 Å². The van der Waals surface area contributed by atoms with Gasteiger partial charge in [-0.1, -0.05) is 18.2 Å². The van der Waals surface area contributed by atoms with Gasteiger partial charge in [0.2, 0.25) is 5.78 Å². The standard InChI is InChI=1S/C21H19N3O3S/c1-13-10-16(14(2)24(13)21-22-8-9-28-21)19(25)12-27-20(26)17-11-23(3)18-7-5-4-6-15(17)18/h4-11H,12H2,1-3H3. The predicted molar refractivity (Wildman–Crippen MR) is 108 cm³/mol. The smallest absolute Gasteiger partial charge is 0.340 e. The second kappa shape index (κ2) is 7.09. The highest BCUT2D eigenvalue weighted by molar-refractivity contribution is 7.12. The van der Waals surface area contributed by atoms with E-state index in [9.17, 15) is 9.59 Å². The lowest BCUT2D eigenvalue weighted by Gasteiger charge is -2.06. The van der Waals surface area contributed by atoms with E-state index in [1.54, 1.807) is 12.4 Å². The van der Waals surface area contributed by atoms with Gasteiger partial charge in [-0.3, -0.25) is 9.36 Å². The van der Waals surface area contributed by atoms with Crippen LogP contribution in [0.2, 0.25) is 0 Å². The number of benzene rings is 1. The van der Waals surface area contributed by atoms with Crippen molar-refractivity contribution in [3.8, 4) is 5.13 Å². The predicted octanol–water partition coefficient (Wildman–Crippen LogP) is 4.08. The molecule has 6 nitrogen and oxygen atoms in total. The Morgan fingerprint density at radius 2 is 1.96 bits per heavy atom. The monoisotopic (exact) mass is 393 g/mol. The number of ketones is 1. The Labute approximate surface area is 166 Å². The van der Waals surface area contributed by atoms with Crippen LogP contribution in [-0.4, -0.2) is 32.5 Å². The molecule has 1 aromatic carbocycles. The largest absolute Gasteiger partial charge is 0.454 e. The van der Waals surface area contributed by atoms with Crippen molar-refractivity contribution < 1.29 is 14.3 Å². The lowest BCUT2D eigenvalue weighted by Crippen LogP contribution is -2.15. The molecule has 28 heavy (non-hydrogen) atoms. The van der Waals surface area contributed by atoms with E-state index in [-0.39, 0.29) is 12.4 Å². The molecule has 0 bridgehead atoms. The van der Waals surface area contributed by atoms with Crippen LogP contribution in [0, 0.1) is 13.8 Å². The van der Waals surface area contributed by atoms with Crippen molar-refractivity contribution in [3.05, 3.63) is 70.6 Å². The third kappa shape index (κ3) is 3.03. The molecule has 0 aliphatic rings. The number of hydrogen-bond donors (Lipinski definition) is 0. The van der Waals surface area contributed by atoms with Crippen molar-refractivity contribution in [2.75, 3.05) is 6.61 Å². The lowest BCUT2D eigenvalue weighted by atomic mass is 10.1. The number of ether oxygens (including phenoxy) is 1. The van der Waals surface area contributed by atoms with Crippen molar-refractivity contribution in [2.45, 2.75) is 13.8 Å². The third-order valence-electron chi connectivity index (χ3n) is 4.79. The molecule has 0 spiro atoms. The molecule has 4 rings (SSSR count). The van der Waals surface area contributed by atoms with Gasteiger partial charge < -0.3 is 9.30 Å². The van der Waals surface area contributed by atoms with E-state index in [1.165, 1.54) is 11.3 Å². The van der Waals surface area contributed by atoms with Gasteiger partial charge >= 0.3 is 5.97 Å². The van der Waals surface area contributed by atoms with Crippen LogP contribution >= 0.6 is 11.3 Å². The van der Waals surface area contributed by atoms with Gasteiger partial charge in [0, 0.05) is 52.7 Å². The second-order valence-electron chi connectivity index (χ2n) is 6.61. The van der Waals surface area contributed by atoms with E-state index in [1.807, 2.05) is 65.7 Å². The summed E-state index contributed by atoms with van der Waals surface area (Å²) in [5.41, 5.74) is 3.64. The van der Waals surface area contributed by atoms with Crippen molar-refractivity contribution in [1.82, 2.24) is 14.1 Å². The molecule has 3 aromatic heterocycles. The first-order valence-electron chi connectivity index (χ1n) is 8.80. The number of Topliss-reactive ketones (excluding diaryl/α,β-unsaturated/α-hetero) is 1. The molecule has 0 amide bonds. The maximum absolute atomic E-state index is 12.7. The number of carbonyl (C=O) groups excluding carboxylic acids is 2. The average Bonchev–Trinajstić information content (AvgIpc) is 3.39. The third-order valence-corrected chi connectivity index (χ3v) is 5.55. The lowest BCUT2D eigenvalue weighted by molar-refractivity contribution is 0.0476. The highest BCUT2D eigenvalue weighted by atomic mass is 32.1. The Balaban J connectivity index is 1.53. The number of aromatic nitrogens is 3. The molecule has 0 atom stereocenters. The summed E-state index contributed by atoms with van der Waals surface area (Å²) in [5.74, 6) is -0.733. The van der Waals surface area contributed by atoms with Crippen LogP contribution in [0.3, 0.4) is 0 Å². The fraction of sp³-hybridized carbons (Fsp3) is 0.190. The first kappa shape index (κ1) is 18.2. The van der Waals surface area contributed by atoms with Crippen LogP contribution in [-0.2, 0) is 11.8 Å². The summed E-state index contributed by atoms with van der Waals surface area (Å²) in [7, 11) is 1.87. The Morgan fingerprint density at radius 1 is 1.18 bits per heavy atom. The first-order valence-corrected chi connectivity index (χ1v) is 9.68. The molecule has 0 fully saturated rings. The Morgan fingerprint density at radius 3 is 2.71 bits per heavy atom. The summed E-state index contributed by atoms with van der Waals surface area (Å²) in [4.78, 5) is 29.6. The maximum Gasteiger partial charge on any atom is 0.340 e. The van der Waals surface area contributed by atoms with Gasteiger partial charge in [-0.2, -0.15) is 0 Å². The van der Waals surface area contributed by atoms with E-state index in [4.69, 9.17) is 4.74 Å². The van der Waals surface area contributed by atoms with Gasteiger partial charge in [-0.15, -0.1) is 11.3 Å². The molecule has 0 saturated heterocycles. The van der Waals surface area contributed by atoms with Crippen LogP contribution in [0.25, 0.3) is 16.0 Å². The van der Waals surface area contributed by atoms with Crippen LogP contribution in [0.4, 0.5) is 0 Å². The molecule has 7 heteroatoms.